The van der Waals surface area contributed by atoms with E-state index >= 15 is 0 Å². The number of benzene rings is 2. The number of carbonyl (C=O) groups is 1. The molecule has 1 aliphatic heterocycles. The van der Waals surface area contributed by atoms with Gasteiger partial charge in [-0.25, -0.2) is 4.68 Å². The first-order chi connectivity index (χ1) is 15.9. The van der Waals surface area contributed by atoms with Gasteiger partial charge in [0, 0.05) is 17.1 Å². The van der Waals surface area contributed by atoms with Gasteiger partial charge in [0.25, 0.3) is 5.91 Å². The van der Waals surface area contributed by atoms with Crippen LogP contribution in [-0.4, -0.2) is 26.4 Å². The van der Waals surface area contributed by atoms with E-state index in [0.717, 1.165) is 51.8 Å². The summed E-state index contributed by atoms with van der Waals surface area (Å²) in [6, 6.07) is 14.0. The highest BCUT2D eigenvalue weighted by atomic mass is 32.2. The smallest absolute Gasteiger partial charge is 0.255 e. The van der Waals surface area contributed by atoms with E-state index in [0.29, 0.717) is 11.5 Å². The largest absolute Gasteiger partial charge is 0.328 e. The molecule has 4 rings (SSSR count). The van der Waals surface area contributed by atoms with Crippen molar-refractivity contribution in [1.82, 2.24) is 14.8 Å². The number of hydrogen-bond donors (Lipinski definition) is 2. The van der Waals surface area contributed by atoms with E-state index in [1.54, 1.807) is 11.8 Å². The average molecular weight is 462 g/mol. The SMILES string of the molecule is CCCSc1nc2n(n1)C(c1ccc(CC)cc1)C(C(=O)Nc1cccc(C)c1C)=C(C)N2. The van der Waals surface area contributed by atoms with Gasteiger partial charge in [0.15, 0.2) is 0 Å². The molecule has 0 bridgehead atoms. The van der Waals surface area contributed by atoms with Gasteiger partial charge in [-0.15, -0.1) is 5.10 Å². The van der Waals surface area contributed by atoms with E-state index in [1.807, 2.05) is 43.7 Å². The molecule has 1 aromatic heterocycles. The molecule has 2 N–H and O–H groups in total. The Morgan fingerprint density at radius 3 is 2.58 bits per heavy atom. The third-order valence-electron chi connectivity index (χ3n) is 6.07. The van der Waals surface area contributed by atoms with Gasteiger partial charge in [-0.1, -0.05) is 62.0 Å². The van der Waals surface area contributed by atoms with Crippen LogP contribution in [0.5, 0.6) is 0 Å². The number of anilines is 2. The number of hydrogen-bond acceptors (Lipinski definition) is 5. The van der Waals surface area contributed by atoms with Crippen molar-refractivity contribution in [2.75, 3.05) is 16.4 Å². The Balaban J connectivity index is 1.76. The molecule has 0 spiro atoms. The van der Waals surface area contributed by atoms with Crippen LogP contribution in [0.4, 0.5) is 11.6 Å². The maximum Gasteiger partial charge on any atom is 0.255 e. The predicted molar refractivity (Wildman–Crippen MR) is 136 cm³/mol. The minimum Gasteiger partial charge on any atom is -0.328 e. The number of amides is 1. The van der Waals surface area contributed by atoms with Gasteiger partial charge in [-0.2, -0.15) is 4.98 Å². The maximum atomic E-state index is 13.7. The lowest BCUT2D eigenvalue weighted by Gasteiger charge is -2.29. The van der Waals surface area contributed by atoms with Crippen molar-refractivity contribution in [3.05, 3.63) is 76.0 Å². The number of allylic oxidation sites excluding steroid dienone is 1. The van der Waals surface area contributed by atoms with Gasteiger partial charge in [0.1, 0.15) is 6.04 Å². The molecule has 0 radical (unpaired) electrons. The van der Waals surface area contributed by atoms with Gasteiger partial charge in [-0.05, 0) is 61.9 Å². The second-order valence-corrected chi connectivity index (χ2v) is 9.44. The van der Waals surface area contributed by atoms with Gasteiger partial charge in [0.05, 0.1) is 5.57 Å². The summed E-state index contributed by atoms with van der Waals surface area (Å²) in [5.74, 6) is 1.48. The number of rotatable bonds is 7. The molecular formula is C26H31N5OS. The maximum absolute atomic E-state index is 13.7. The van der Waals surface area contributed by atoms with E-state index in [4.69, 9.17) is 5.10 Å². The molecule has 33 heavy (non-hydrogen) atoms. The Morgan fingerprint density at radius 2 is 1.88 bits per heavy atom. The molecule has 0 saturated carbocycles. The normalized spacial score (nSPS) is 15.2. The zero-order chi connectivity index (χ0) is 23.5. The minimum atomic E-state index is -0.360. The van der Waals surface area contributed by atoms with Crippen molar-refractivity contribution in [3.63, 3.8) is 0 Å². The third-order valence-corrected chi connectivity index (χ3v) is 7.11. The van der Waals surface area contributed by atoms with Crippen molar-refractivity contribution in [2.24, 2.45) is 0 Å². The number of nitrogens with one attached hydrogen (secondary N) is 2. The van der Waals surface area contributed by atoms with E-state index in [1.165, 1.54) is 5.56 Å². The first-order valence-corrected chi connectivity index (χ1v) is 12.4. The van der Waals surface area contributed by atoms with Crippen LogP contribution >= 0.6 is 11.8 Å². The Hall–Kier alpha value is -3.06. The minimum absolute atomic E-state index is 0.137. The van der Waals surface area contributed by atoms with Crippen LogP contribution in [-0.2, 0) is 11.2 Å². The fourth-order valence-electron chi connectivity index (χ4n) is 4.00. The van der Waals surface area contributed by atoms with Crippen LogP contribution in [0.1, 0.15) is 55.5 Å². The molecular weight excluding hydrogens is 430 g/mol. The highest BCUT2D eigenvalue weighted by molar-refractivity contribution is 7.99. The molecule has 1 unspecified atom stereocenters. The van der Waals surface area contributed by atoms with Gasteiger partial charge in [-0.3, -0.25) is 4.79 Å². The molecule has 2 aromatic carbocycles. The van der Waals surface area contributed by atoms with Crippen LogP contribution < -0.4 is 10.6 Å². The summed E-state index contributed by atoms with van der Waals surface area (Å²) in [6.45, 7) is 10.3. The van der Waals surface area contributed by atoms with Crippen molar-refractivity contribution in [2.45, 2.75) is 58.7 Å². The highest BCUT2D eigenvalue weighted by Crippen LogP contribution is 2.37. The van der Waals surface area contributed by atoms with Crippen LogP contribution in [0.25, 0.3) is 0 Å². The number of thioether (sulfide) groups is 1. The lowest BCUT2D eigenvalue weighted by molar-refractivity contribution is -0.113. The second kappa shape index (κ2) is 9.83. The van der Waals surface area contributed by atoms with Crippen molar-refractivity contribution < 1.29 is 4.79 Å². The number of nitrogens with zero attached hydrogens (tertiary/aromatic N) is 3. The Kier molecular flexibility index (Phi) is 6.88. The summed E-state index contributed by atoms with van der Waals surface area (Å²) < 4.78 is 1.85. The summed E-state index contributed by atoms with van der Waals surface area (Å²) in [7, 11) is 0. The summed E-state index contributed by atoms with van der Waals surface area (Å²) in [5, 5.41) is 12.0. The molecule has 1 atom stereocenters. The van der Waals surface area contributed by atoms with Crippen LogP contribution in [0, 0.1) is 13.8 Å². The zero-order valence-corrected chi connectivity index (χ0v) is 20.7. The summed E-state index contributed by atoms with van der Waals surface area (Å²) >= 11 is 1.63. The van der Waals surface area contributed by atoms with Crippen molar-refractivity contribution in [1.29, 1.82) is 0 Å². The highest BCUT2D eigenvalue weighted by Gasteiger charge is 2.34. The van der Waals surface area contributed by atoms with Gasteiger partial charge in [0.2, 0.25) is 11.1 Å². The number of aryl methyl sites for hydroxylation is 2. The van der Waals surface area contributed by atoms with Crippen LogP contribution in [0.3, 0.4) is 0 Å². The Labute approximate surface area is 199 Å². The quantitative estimate of drug-likeness (QED) is 0.430. The van der Waals surface area contributed by atoms with Gasteiger partial charge >= 0.3 is 0 Å². The Bertz CT molecular complexity index is 1200. The lowest BCUT2D eigenvalue weighted by Crippen LogP contribution is -2.31. The first kappa shape index (κ1) is 23.1. The summed E-state index contributed by atoms with van der Waals surface area (Å²) in [6.07, 6.45) is 2.01. The van der Waals surface area contributed by atoms with Crippen LogP contribution in [0.2, 0.25) is 0 Å². The third kappa shape index (κ3) is 4.69. The van der Waals surface area contributed by atoms with Crippen LogP contribution in [0.15, 0.2) is 58.9 Å². The fraction of sp³-hybridized carbons (Fsp3) is 0.346. The van der Waals surface area contributed by atoms with E-state index < -0.39 is 0 Å². The molecule has 1 amide bonds. The number of fused-ring (bicyclic) bond motifs is 1. The molecule has 0 saturated heterocycles. The first-order valence-electron chi connectivity index (χ1n) is 11.5. The fourth-order valence-corrected chi connectivity index (χ4v) is 4.68. The molecule has 1 aliphatic rings. The average Bonchev–Trinajstić information content (AvgIpc) is 3.22. The standard InChI is InChI=1S/C26H31N5OS/c1-6-15-33-26-29-25-27-18(5)22(24(32)28-21-10-8-9-16(3)17(21)4)23(31(25)30-26)20-13-11-19(7-2)12-14-20/h8-14,23H,6-7,15H2,1-5H3,(H,28,32)(H,27,29,30). The zero-order valence-electron chi connectivity index (χ0n) is 19.9. The monoisotopic (exact) mass is 461 g/mol. The topological polar surface area (TPSA) is 71.8 Å². The number of aromatic nitrogens is 3. The Morgan fingerprint density at radius 1 is 1.12 bits per heavy atom. The molecule has 7 heteroatoms. The molecule has 172 valence electrons. The molecule has 2 heterocycles. The van der Waals surface area contributed by atoms with Crippen molar-refractivity contribution >= 4 is 29.3 Å². The number of carbonyl (C=O) groups excluding carboxylic acids is 1. The molecule has 0 aliphatic carbocycles. The predicted octanol–water partition coefficient (Wildman–Crippen LogP) is 5.89. The summed E-state index contributed by atoms with van der Waals surface area (Å²) in [4.78, 5) is 18.4. The van der Waals surface area contributed by atoms with E-state index in [-0.39, 0.29) is 11.9 Å². The molecule has 6 nitrogen and oxygen atoms in total. The molecule has 3 aromatic rings. The second-order valence-electron chi connectivity index (χ2n) is 8.37. The van der Waals surface area contributed by atoms with Gasteiger partial charge < -0.3 is 10.6 Å². The molecule has 0 fully saturated rings. The van der Waals surface area contributed by atoms with Crippen molar-refractivity contribution in [3.8, 4) is 0 Å². The van der Waals surface area contributed by atoms with E-state index in [9.17, 15) is 4.79 Å². The van der Waals surface area contributed by atoms with E-state index in [2.05, 4.69) is 53.7 Å². The lowest BCUT2D eigenvalue weighted by atomic mass is 9.94. The summed E-state index contributed by atoms with van der Waals surface area (Å²) in [5.41, 5.74) is 6.73.